The zero-order valence-electron chi connectivity index (χ0n) is 10.9. The van der Waals surface area contributed by atoms with Gasteiger partial charge in [-0.05, 0) is 35.7 Å². The number of nitrogens with one attached hydrogen (secondary N) is 1. The zero-order valence-corrected chi connectivity index (χ0v) is 11.6. The summed E-state index contributed by atoms with van der Waals surface area (Å²) in [7, 11) is 0. The van der Waals surface area contributed by atoms with E-state index >= 15 is 0 Å². The average molecular weight is 303 g/mol. The van der Waals surface area contributed by atoms with Crippen LogP contribution in [0.1, 0.15) is 5.56 Å². The lowest BCUT2D eigenvalue weighted by Gasteiger charge is -2.06. The molecule has 0 aromatic carbocycles. The molecule has 9 heteroatoms. The lowest BCUT2D eigenvalue weighted by Crippen LogP contribution is -2.11. The van der Waals surface area contributed by atoms with Gasteiger partial charge in [-0.1, -0.05) is 0 Å². The van der Waals surface area contributed by atoms with Gasteiger partial charge in [0.15, 0.2) is 0 Å². The van der Waals surface area contributed by atoms with Crippen LogP contribution in [0.3, 0.4) is 0 Å². The molecule has 106 valence electrons. The SMILES string of the molecule is Clc1nc(NCCc2ccncc2)nc(-n2cncn2)n1. The summed E-state index contributed by atoms with van der Waals surface area (Å²) in [5.41, 5.74) is 1.18. The highest BCUT2D eigenvalue weighted by Gasteiger charge is 2.07. The fraction of sp³-hybridized carbons (Fsp3) is 0.167. The molecule has 0 fully saturated rings. The molecule has 0 atom stereocenters. The van der Waals surface area contributed by atoms with E-state index in [2.05, 4.69) is 35.3 Å². The molecule has 0 aliphatic carbocycles. The summed E-state index contributed by atoms with van der Waals surface area (Å²) in [6.45, 7) is 0.668. The average Bonchev–Trinajstić information content (AvgIpc) is 3.02. The molecular weight excluding hydrogens is 292 g/mol. The first-order valence-corrected chi connectivity index (χ1v) is 6.58. The number of halogens is 1. The molecule has 0 amide bonds. The summed E-state index contributed by atoms with van der Waals surface area (Å²) in [6, 6.07) is 3.92. The van der Waals surface area contributed by atoms with E-state index < -0.39 is 0 Å². The third-order valence-electron chi connectivity index (χ3n) is 2.67. The maximum absolute atomic E-state index is 5.89. The van der Waals surface area contributed by atoms with Crippen molar-refractivity contribution in [3.63, 3.8) is 0 Å². The lowest BCUT2D eigenvalue weighted by atomic mass is 10.2. The Labute approximate surface area is 125 Å². The molecule has 3 aromatic rings. The van der Waals surface area contributed by atoms with Crippen molar-refractivity contribution < 1.29 is 0 Å². The minimum absolute atomic E-state index is 0.0990. The lowest BCUT2D eigenvalue weighted by molar-refractivity contribution is 0.792. The van der Waals surface area contributed by atoms with Crippen molar-refractivity contribution in [2.75, 3.05) is 11.9 Å². The zero-order chi connectivity index (χ0) is 14.5. The number of anilines is 1. The van der Waals surface area contributed by atoms with E-state index in [1.165, 1.54) is 22.9 Å². The van der Waals surface area contributed by atoms with E-state index in [0.29, 0.717) is 18.4 Å². The molecule has 21 heavy (non-hydrogen) atoms. The first kappa shape index (κ1) is 13.4. The van der Waals surface area contributed by atoms with Gasteiger partial charge >= 0.3 is 0 Å². The fourth-order valence-electron chi connectivity index (χ4n) is 1.70. The smallest absolute Gasteiger partial charge is 0.258 e. The van der Waals surface area contributed by atoms with Crippen molar-refractivity contribution in [3.8, 4) is 5.95 Å². The van der Waals surface area contributed by atoms with Gasteiger partial charge in [0.1, 0.15) is 12.7 Å². The first-order chi connectivity index (χ1) is 10.3. The van der Waals surface area contributed by atoms with Crippen LogP contribution >= 0.6 is 11.6 Å². The molecule has 0 aliphatic rings. The van der Waals surface area contributed by atoms with Crippen LogP contribution in [-0.4, -0.2) is 41.2 Å². The third kappa shape index (κ3) is 3.48. The molecular formula is C12H11ClN8. The molecule has 0 saturated heterocycles. The van der Waals surface area contributed by atoms with E-state index in [9.17, 15) is 0 Å². The van der Waals surface area contributed by atoms with Crippen molar-refractivity contribution >= 4 is 17.5 Å². The highest BCUT2D eigenvalue weighted by atomic mass is 35.5. The fourth-order valence-corrected chi connectivity index (χ4v) is 1.86. The van der Waals surface area contributed by atoms with Crippen molar-refractivity contribution in [1.29, 1.82) is 0 Å². The summed E-state index contributed by atoms with van der Waals surface area (Å²) >= 11 is 5.89. The van der Waals surface area contributed by atoms with Crippen LogP contribution in [0.2, 0.25) is 5.28 Å². The molecule has 0 bridgehead atoms. The van der Waals surface area contributed by atoms with Crippen LogP contribution in [0.25, 0.3) is 5.95 Å². The maximum Gasteiger partial charge on any atom is 0.258 e. The van der Waals surface area contributed by atoms with E-state index in [1.54, 1.807) is 12.4 Å². The van der Waals surface area contributed by atoms with E-state index in [-0.39, 0.29) is 5.28 Å². The van der Waals surface area contributed by atoms with E-state index in [1.807, 2.05) is 12.1 Å². The second-order valence-corrected chi connectivity index (χ2v) is 4.44. The Hall–Kier alpha value is -2.61. The molecule has 3 heterocycles. The van der Waals surface area contributed by atoms with Gasteiger partial charge in [0.05, 0.1) is 0 Å². The number of aromatic nitrogens is 7. The highest BCUT2D eigenvalue weighted by Crippen LogP contribution is 2.08. The van der Waals surface area contributed by atoms with Crippen LogP contribution < -0.4 is 5.32 Å². The van der Waals surface area contributed by atoms with Crippen molar-refractivity contribution in [2.45, 2.75) is 6.42 Å². The number of rotatable bonds is 5. The predicted octanol–water partition coefficient (Wildman–Crippen LogP) is 1.16. The Morgan fingerprint density at radius 2 is 1.95 bits per heavy atom. The molecule has 1 N–H and O–H groups in total. The normalized spacial score (nSPS) is 10.5. The Morgan fingerprint density at radius 3 is 2.71 bits per heavy atom. The quantitative estimate of drug-likeness (QED) is 0.755. The van der Waals surface area contributed by atoms with Gasteiger partial charge in [0.2, 0.25) is 11.2 Å². The molecule has 3 aromatic heterocycles. The van der Waals surface area contributed by atoms with Gasteiger partial charge in [-0.3, -0.25) is 4.98 Å². The van der Waals surface area contributed by atoms with E-state index in [4.69, 9.17) is 11.6 Å². The molecule has 8 nitrogen and oxygen atoms in total. The maximum atomic E-state index is 5.89. The second kappa shape index (κ2) is 6.23. The number of hydrogen-bond acceptors (Lipinski definition) is 7. The van der Waals surface area contributed by atoms with Gasteiger partial charge < -0.3 is 5.32 Å². The van der Waals surface area contributed by atoms with Crippen LogP contribution in [0.4, 0.5) is 5.95 Å². The van der Waals surface area contributed by atoms with Crippen LogP contribution in [0.15, 0.2) is 37.2 Å². The van der Waals surface area contributed by atoms with Gasteiger partial charge in [-0.25, -0.2) is 4.98 Å². The first-order valence-electron chi connectivity index (χ1n) is 6.20. The Balaban J connectivity index is 1.68. The number of hydrogen-bond donors (Lipinski definition) is 1. The summed E-state index contributed by atoms with van der Waals surface area (Å²) in [5, 5.41) is 7.16. The number of pyridine rings is 1. The molecule has 0 spiro atoms. The largest absolute Gasteiger partial charge is 0.354 e. The van der Waals surface area contributed by atoms with Crippen molar-refractivity contribution in [1.82, 2.24) is 34.7 Å². The summed E-state index contributed by atoms with van der Waals surface area (Å²) in [6.07, 6.45) is 7.24. The van der Waals surface area contributed by atoms with Gasteiger partial charge in [-0.15, -0.1) is 0 Å². The minimum Gasteiger partial charge on any atom is -0.354 e. The topological polar surface area (TPSA) is 94.3 Å². The molecule has 0 aliphatic heterocycles. The van der Waals surface area contributed by atoms with Gasteiger partial charge in [-0.2, -0.15) is 24.7 Å². The summed E-state index contributed by atoms with van der Waals surface area (Å²) in [5.74, 6) is 0.716. The molecule has 0 radical (unpaired) electrons. The third-order valence-corrected chi connectivity index (χ3v) is 2.84. The minimum atomic E-state index is 0.0990. The van der Waals surface area contributed by atoms with Crippen molar-refractivity contribution in [3.05, 3.63) is 48.0 Å². The standard InChI is InChI=1S/C12H11ClN8/c13-10-18-11(16-6-3-9-1-4-14-5-2-9)20-12(19-10)21-8-15-7-17-21/h1-2,4-5,7-8H,3,6H2,(H,16,18,19,20). The summed E-state index contributed by atoms with van der Waals surface area (Å²) in [4.78, 5) is 20.1. The predicted molar refractivity (Wildman–Crippen MR) is 76.2 cm³/mol. The van der Waals surface area contributed by atoms with Crippen molar-refractivity contribution in [2.24, 2.45) is 0 Å². The summed E-state index contributed by atoms with van der Waals surface area (Å²) < 4.78 is 1.42. The Kier molecular flexibility index (Phi) is 3.97. The van der Waals surface area contributed by atoms with Gasteiger partial charge in [0.25, 0.3) is 5.95 Å². The molecule has 3 rings (SSSR count). The van der Waals surface area contributed by atoms with Gasteiger partial charge in [0, 0.05) is 18.9 Å². The van der Waals surface area contributed by atoms with Crippen LogP contribution in [-0.2, 0) is 6.42 Å². The van der Waals surface area contributed by atoms with Crippen LogP contribution in [0, 0.1) is 0 Å². The van der Waals surface area contributed by atoms with Crippen LogP contribution in [0.5, 0.6) is 0 Å². The molecule has 0 unspecified atom stereocenters. The molecule has 0 saturated carbocycles. The second-order valence-electron chi connectivity index (χ2n) is 4.10. The Bertz CT molecular complexity index is 701. The monoisotopic (exact) mass is 302 g/mol. The number of nitrogens with zero attached hydrogens (tertiary/aromatic N) is 7. The highest BCUT2D eigenvalue weighted by molar-refractivity contribution is 6.28. The Morgan fingerprint density at radius 1 is 1.10 bits per heavy atom. The van der Waals surface area contributed by atoms with E-state index in [0.717, 1.165) is 6.42 Å².